The van der Waals surface area contributed by atoms with Crippen LogP contribution in [-0.2, 0) is 19.1 Å². The van der Waals surface area contributed by atoms with Gasteiger partial charge in [-0.25, -0.2) is 4.79 Å². The number of esters is 1. The molecule has 1 amide bonds. The number of H-pyrrole nitrogens is 1. The van der Waals surface area contributed by atoms with E-state index in [1.807, 2.05) is 30.3 Å². The average molecular weight is 482 g/mol. The summed E-state index contributed by atoms with van der Waals surface area (Å²) in [5.74, 6) is -2.23. The predicted molar refractivity (Wildman–Crippen MR) is 129 cm³/mol. The second kappa shape index (κ2) is 10.5. The summed E-state index contributed by atoms with van der Waals surface area (Å²) < 4.78 is 10.5. The van der Waals surface area contributed by atoms with Gasteiger partial charge in [-0.05, 0) is 31.9 Å². The monoisotopic (exact) mass is 481 g/mol. The molecule has 9 heteroatoms. The van der Waals surface area contributed by atoms with Gasteiger partial charge in [0.05, 0.1) is 31.4 Å². The SMILES string of the molecule is CCOC(=O)c1[nH]c(C)c(/C(O)=C2\C(=O)C(=O)N(CCN3CCOCC3)C2c2ccccc2)c1C. The van der Waals surface area contributed by atoms with E-state index >= 15 is 0 Å². The normalized spacial score (nSPS) is 20.4. The minimum atomic E-state index is -0.740. The summed E-state index contributed by atoms with van der Waals surface area (Å²) >= 11 is 0. The molecule has 2 aromatic rings. The summed E-state index contributed by atoms with van der Waals surface area (Å²) in [6, 6.07) is 8.47. The van der Waals surface area contributed by atoms with Gasteiger partial charge < -0.3 is 24.5 Å². The number of ketones is 1. The number of Topliss-reactive ketones (excluding diaryl/α,β-unsaturated/α-hetero) is 1. The van der Waals surface area contributed by atoms with Crippen molar-refractivity contribution in [2.75, 3.05) is 46.0 Å². The van der Waals surface area contributed by atoms with E-state index in [1.165, 1.54) is 4.90 Å². The van der Waals surface area contributed by atoms with Gasteiger partial charge in [0.1, 0.15) is 11.5 Å². The number of ether oxygens (including phenoxy) is 2. The number of nitrogens with zero attached hydrogens (tertiary/aromatic N) is 2. The van der Waals surface area contributed by atoms with E-state index in [-0.39, 0.29) is 23.6 Å². The molecule has 2 aliphatic heterocycles. The molecule has 3 heterocycles. The van der Waals surface area contributed by atoms with E-state index in [2.05, 4.69) is 9.88 Å². The zero-order valence-electron chi connectivity index (χ0n) is 20.3. The van der Waals surface area contributed by atoms with Crippen LogP contribution in [0.2, 0.25) is 0 Å². The molecule has 2 aliphatic rings. The van der Waals surface area contributed by atoms with Gasteiger partial charge in [-0.15, -0.1) is 0 Å². The van der Waals surface area contributed by atoms with Crippen LogP contribution in [0.1, 0.15) is 45.8 Å². The lowest BCUT2D eigenvalue weighted by molar-refractivity contribution is -0.140. The number of morpholine rings is 1. The summed E-state index contributed by atoms with van der Waals surface area (Å²) in [5.41, 5.74) is 2.26. The second-order valence-corrected chi connectivity index (χ2v) is 8.70. The Morgan fingerprint density at radius 1 is 1.14 bits per heavy atom. The minimum Gasteiger partial charge on any atom is -0.507 e. The molecule has 1 aromatic carbocycles. The smallest absolute Gasteiger partial charge is 0.355 e. The van der Waals surface area contributed by atoms with E-state index in [0.29, 0.717) is 43.1 Å². The average Bonchev–Trinajstić information content (AvgIpc) is 3.30. The van der Waals surface area contributed by atoms with Crippen LogP contribution in [0.5, 0.6) is 0 Å². The third kappa shape index (κ3) is 4.74. The highest BCUT2D eigenvalue weighted by molar-refractivity contribution is 6.46. The summed E-state index contributed by atoms with van der Waals surface area (Å²) in [4.78, 5) is 45.5. The number of benzene rings is 1. The molecule has 2 saturated heterocycles. The van der Waals surface area contributed by atoms with Gasteiger partial charge in [0.15, 0.2) is 0 Å². The van der Waals surface area contributed by atoms with Crippen LogP contribution >= 0.6 is 0 Å². The number of hydrogen-bond acceptors (Lipinski definition) is 7. The largest absolute Gasteiger partial charge is 0.507 e. The number of aliphatic hydroxyl groups is 1. The summed E-state index contributed by atoms with van der Waals surface area (Å²) in [6.07, 6.45) is 0. The third-order valence-corrected chi connectivity index (χ3v) is 6.57. The van der Waals surface area contributed by atoms with Crippen molar-refractivity contribution in [3.8, 4) is 0 Å². The minimum absolute atomic E-state index is 0.0174. The first-order valence-electron chi connectivity index (χ1n) is 11.8. The lowest BCUT2D eigenvalue weighted by atomic mass is 9.94. The van der Waals surface area contributed by atoms with Crippen molar-refractivity contribution in [1.82, 2.24) is 14.8 Å². The molecule has 0 aliphatic carbocycles. The van der Waals surface area contributed by atoms with Gasteiger partial charge in [-0.1, -0.05) is 30.3 Å². The van der Waals surface area contributed by atoms with Crippen molar-refractivity contribution in [3.63, 3.8) is 0 Å². The van der Waals surface area contributed by atoms with Crippen molar-refractivity contribution >= 4 is 23.4 Å². The Kier molecular flexibility index (Phi) is 7.37. The molecule has 0 saturated carbocycles. The van der Waals surface area contributed by atoms with Crippen molar-refractivity contribution in [2.24, 2.45) is 0 Å². The van der Waals surface area contributed by atoms with Gasteiger partial charge in [-0.3, -0.25) is 14.5 Å². The fraction of sp³-hybridized carbons (Fsp3) is 0.423. The molecule has 0 radical (unpaired) electrons. The molecular formula is C26H31N3O6. The zero-order chi connectivity index (χ0) is 25.1. The molecule has 0 spiro atoms. The lowest BCUT2D eigenvalue weighted by Gasteiger charge is -2.31. The Morgan fingerprint density at radius 2 is 1.83 bits per heavy atom. The number of aromatic nitrogens is 1. The molecular weight excluding hydrogens is 450 g/mol. The van der Waals surface area contributed by atoms with Crippen molar-refractivity contribution in [1.29, 1.82) is 0 Å². The van der Waals surface area contributed by atoms with Crippen LogP contribution in [0.15, 0.2) is 35.9 Å². The molecule has 9 nitrogen and oxygen atoms in total. The van der Waals surface area contributed by atoms with E-state index < -0.39 is 23.7 Å². The molecule has 1 unspecified atom stereocenters. The van der Waals surface area contributed by atoms with Crippen molar-refractivity contribution < 1.29 is 29.0 Å². The molecule has 1 atom stereocenters. The van der Waals surface area contributed by atoms with E-state index in [0.717, 1.165) is 18.7 Å². The highest BCUT2D eigenvalue weighted by Gasteiger charge is 2.46. The number of likely N-dealkylation sites (tertiary alicyclic amines) is 1. The number of hydrogen-bond donors (Lipinski definition) is 2. The van der Waals surface area contributed by atoms with Crippen LogP contribution in [0.25, 0.3) is 5.76 Å². The first-order valence-corrected chi connectivity index (χ1v) is 11.8. The maximum absolute atomic E-state index is 13.3. The first-order chi connectivity index (χ1) is 16.8. The Morgan fingerprint density at radius 3 is 2.49 bits per heavy atom. The molecule has 186 valence electrons. The second-order valence-electron chi connectivity index (χ2n) is 8.70. The van der Waals surface area contributed by atoms with Crippen molar-refractivity contribution in [3.05, 3.63) is 64.0 Å². The van der Waals surface area contributed by atoms with Crippen molar-refractivity contribution in [2.45, 2.75) is 26.8 Å². The van der Waals surface area contributed by atoms with Crippen LogP contribution < -0.4 is 0 Å². The number of carbonyl (C=O) groups excluding carboxylic acids is 3. The first kappa shape index (κ1) is 24.7. The van der Waals surface area contributed by atoms with Gasteiger partial charge in [0.2, 0.25) is 0 Å². The molecule has 2 fully saturated rings. The Balaban J connectivity index is 1.77. The maximum atomic E-state index is 13.3. The molecule has 0 bridgehead atoms. The number of aliphatic hydroxyl groups excluding tert-OH is 1. The topological polar surface area (TPSA) is 112 Å². The van der Waals surface area contributed by atoms with Gasteiger partial charge >= 0.3 is 5.97 Å². The fourth-order valence-electron chi connectivity index (χ4n) is 4.81. The van der Waals surface area contributed by atoms with Gasteiger partial charge in [0.25, 0.3) is 11.7 Å². The fourth-order valence-corrected chi connectivity index (χ4v) is 4.81. The lowest BCUT2D eigenvalue weighted by Crippen LogP contribution is -2.42. The number of nitrogens with one attached hydrogen (secondary N) is 1. The highest BCUT2D eigenvalue weighted by Crippen LogP contribution is 2.40. The van der Waals surface area contributed by atoms with Crippen LogP contribution in [0.4, 0.5) is 0 Å². The van der Waals surface area contributed by atoms with E-state index in [4.69, 9.17) is 9.47 Å². The van der Waals surface area contributed by atoms with Gasteiger partial charge in [-0.2, -0.15) is 0 Å². The number of amides is 1. The Labute approximate surface area is 204 Å². The summed E-state index contributed by atoms with van der Waals surface area (Å²) in [7, 11) is 0. The zero-order valence-corrected chi connectivity index (χ0v) is 20.3. The van der Waals surface area contributed by atoms with Crippen LogP contribution in [0.3, 0.4) is 0 Å². The maximum Gasteiger partial charge on any atom is 0.355 e. The number of aromatic amines is 1. The number of aryl methyl sites for hydroxylation is 1. The molecule has 4 rings (SSSR count). The Bertz CT molecular complexity index is 1150. The molecule has 2 N–H and O–H groups in total. The number of rotatable bonds is 7. The highest BCUT2D eigenvalue weighted by atomic mass is 16.5. The summed E-state index contributed by atoms with van der Waals surface area (Å²) in [5, 5.41) is 11.4. The van der Waals surface area contributed by atoms with E-state index in [1.54, 1.807) is 20.8 Å². The molecule has 1 aromatic heterocycles. The van der Waals surface area contributed by atoms with Crippen LogP contribution in [-0.4, -0.2) is 83.5 Å². The standard InChI is InChI=1S/C26H31N3O6/c1-4-35-26(33)21-16(2)19(17(3)27-21)23(30)20-22(18-8-6-5-7-9-18)29(25(32)24(20)31)11-10-28-12-14-34-15-13-28/h5-9,22,27,30H,4,10-15H2,1-3H3/b23-20+. The van der Waals surface area contributed by atoms with E-state index in [9.17, 15) is 19.5 Å². The third-order valence-electron chi connectivity index (χ3n) is 6.57. The summed E-state index contributed by atoms with van der Waals surface area (Å²) in [6.45, 7) is 9.02. The Hall–Kier alpha value is -3.43. The van der Waals surface area contributed by atoms with Gasteiger partial charge in [0, 0.05) is 37.4 Å². The predicted octanol–water partition coefficient (Wildman–Crippen LogP) is 2.56. The molecule has 35 heavy (non-hydrogen) atoms. The number of carbonyl (C=O) groups is 3. The quantitative estimate of drug-likeness (QED) is 0.271. The van der Waals surface area contributed by atoms with Crippen LogP contribution in [0, 0.1) is 13.8 Å².